The van der Waals surface area contributed by atoms with Crippen molar-refractivity contribution >= 4 is 5.91 Å². The van der Waals surface area contributed by atoms with Crippen LogP contribution in [0.25, 0.3) is 0 Å². The van der Waals surface area contributed by atoms with E-state index in [1.54, 1.807) is 0 Å². The zero-order valence-corrected chi connectivity index (χ0v) is 14.9. The number of fused-ring (bicyclic) bond motifs is 1. The number of nitrogens with zero attached hydrogens (tertiary/aromatic N) is 4. The normalized spacial score (nSPS) is 18.0. The van der Waals surface area contributed by atoms with Gasteiger partial charge in [0.2, 0.25) is 5.91 Å². The molecule has 1 amide bonds. The summed E-state index contributed by atoms with van der Waals surface area (Å²) in [5.41, 5.74) is 3.08. The number of nitrogens with one attached hydrogen (secondary N) is 1. The molecule has 0 spiro atoms. The number of carbonyl (C=O) groups is 1. The molecule has 2 aromatic rings. The minimum Gasteiger partial charge on any atom is -0.361 e. The predicted molar refractivity (Wildman–Crippen MR) is 91.5 cm³/mol. The van der Waals surface area contributed by atoms with Crippen LogP contribution < -0.4 is 5.32 Å². The SMILES string of the molecule is Cc1noc(C)c1CN1CCn2cc(CNC(=O)C3CCC3)nc2C1. The fourth-order valence-corrected chi connectivity index (χ4v) is 3.53. The molecule has 134 valence electrons. The van der Waals surface area contributed by atoms with E-state index in [1.165, 1.54) is 12.0 Å². The molecule has 0 unspecified atom stereocenters. The highest BCUT2D eigenvalue weighted by atomic mass is 16.5. The lowest BCUT2D eigenvalue weighted by Crippen LogP contribution is -2.34. The Morgan fingerprint density at radius 3 is 2.88 bits per heavy atom. The Morgan fingerprint density at radius 1 is 1.36 bits per heavy atom. The lowest BCUT2D eigenvalue weighted by atomic mass is 9.85. The predicted octanol–water partition coefficient (Wildman–Crippen LogP) is 1.92. The molecule has 1 fully saturated rings. The molecular formula is C18H25N5O2. The van der Waals surface area contributed by atoms with E-state index in [0.717, 1.165) is 62.0 Å². The fourth-order valence-electron chi connectivity index (χ4n) is 3.53. The van der Waals surface area contributed by atoms with Gasteiger partial charge in [0.05, 0.1) is 24.5 Å². The van der Waals surface area contributed by atoms with Crippen molar-refractivity contribution < 1.29 is 9.32 Å². The van der Waals surface area contributed by atoms with E-state index in [9.17, 15) is 4.79 Å². The maximum absolute atomic E-state index is 12.0. The van der Waals surface area contributed by atoms with Crippen LogP contribution in [0.3, 0.4) is 0 Å². The molecule has 3 heterocycles. The van der Waals surface area contributed by atoms with E-state index in [2.05, 4.69) is 26.1 Å². The Morgan fingerprint density at radius 2 is 2.20 bits per heavy atom. The van der Waals surface area contributed by atoms with Crippen LogP contribution >= 0.6 is 0 Å². The van der Waals surface area contributed by atoms with Gasteiger partial charge in [-0.3, -0.25) is 9.69 Å². The number of aromatic nitrogens is 3. The van der Waals surface area contributed by atoms with Crippen LogP contribution in [-0.2, 0) is 31.0 Å². The molecule has 7 nitrogen and oxygen atoms in total. The monoisotopic (exact) mass is 343 g/mol. The molecule has 7 heteroatoms. The van der Waals surface area contributed by atoms with Gasteiger partial charge >= 0.3 is 0 Å². The van der Waals surface area contributed by atoms with E-state index < -0.39 is 0 Å². The quantitative estimate of drug-likeness (QED) is 0.897. The Hall–Kier alpha value is -2.15. The molecule has 2 aliphatic rings. The summed E-state index contributed by atoms with van der Waals surface area (Å²) in [5.74, 6) is 2.36. The van der Waals surface area contributed by atoms with Crippen molar-refractivity contribution in [2.24, 2.45) is 5.92 Å². The third-order valence-corrected chi connectivity index (χ3v) is 5.41. The van der Waals surface area contributed by atoms with Gasteiger partial charge in [-0.1, -0.05) is 11.6 Å². The molecule has 0 bridgehead atoms. The van der Waals surface area contributed by atoms with Crippen molar-refractivity contribution in [2.75, 3.05) is 6.54 Å². The number of hydrogen-bond acceptors (Lipinski definition) is 5. The summed E-state index contributed by atoms with van der Waals surface area (Å²) in [6.45, 7) is 8.01. The first-order valence-corrected chi connectivity index (χ1v) is 9.07. The van der Waals surface area contributed by atoms with Crippen LogP contribution in [0.1, 0.15) is 47.8 Å². The minimum absolute atomic E-state index is 0.178. The lowest BCUT2D eigenvalue weighted by molar-refractivity contribution is -0.127. The van der Waals surface area contributed by atoms with E-state index in [0.29, 0.717) is 6.54 Å². The van der Waals surface area contributed by atoms with Crippen molar-refractivity contribution in [3.05, 3.63) is 34.7 Å². The van der Waals surface area contributed by atoms with Gasteiger partial charge in [-0.2, -0.15) is 0 Å². The van der Waals surface area contributed by atoms with Gasteiger partial charge in [-0.25, -0.2) is 4.98 Å². The second-order valence-electron chi connectivity index (χ2n) is 7.20. The first-order chi connectivity index (χ1) is 12.1. The third kappa shape index (κ3) is 3.33. The van der Waals surface area contributed by atoms with Gasteiger partial charge in [0.25, 0.3) is 0 Å². The van der Waals surface area contributed by atoms with Crippen molar-refractivity contribution in [3.8, 4) is 0 Å². The van der Waals surface area contributed by atoms with Crippen LogP contribution in [0.5, 0.6) is 0 Å². The summed E-state index contributed by atoms with van der Waals surface area (Å²) >= 11 is 0. The number of aryl methyl sites for hydroxylation is 2. The summed E-state index contributed by atoms with van der Waals surface area (Å²) in [6.07, 6.45) is 5.31. The van der Waals surface area contributed by atoms with Gasteiger partial charge < -0.3 is 14.4 Å². The highest BCUT2D eigenvalue weighted by Gasteiger charge is 2.25. The topological polar surface area (TPSA) is 76.2 Å². The van der Waals surface area contributed by atoms with Crippen molar-refractivity contribution in [1.82, 2.24) is 24.9 Å². The molecule has 1 aliphatic heterocycles. The van der Waals surface area contributed by atoms with E-state index in [1.807, 2.05) is 13.8 Å². The molecule has 0 radical (unpaired) electrons. The second kappa shape index (κ2) is 6.63. The standard InChI is InChI=1S/C18H25N5O2/c1-12-16(13(2)25-21-12)10-22-6-7-23-9-15(20-17(23)11-22)8-19-18(24)14-4-3-5-14/h9,14H,3-8,10-11H2,1-2H3,(H,19,24). The van der Waals surface area contributed by atoms with Crippen LogP contribution in [0, 0.1) is 19.8 Å². The zero-order valence-electron chi connectivity index (χ0n) is 14.9. The van der Waals surface area contributed by atoms with E-state index >= 15 is 0 Å². The number of hydrogen-bond donors (Lipinski definition) is 1. The zero-order chi connectivity index (χ0) is 17.4. The highest BCUT2D eigenvalue weighted by molar-refractivity contribution is 5.79. The summed E-state index contributed by atoms with van der Waals surface area (Å²) in [4.78, 5) is 19.1. The number of rotatable bonds is 5. The van der Waals surface area contributed by atoms with E-state index in [4.69, 9.17) is 9.51 Å². The maximum atomic E-state index is 12.0. The summed E-state index contributed by atoms with van der Waals surface area (Å²) < 4.78 is 7.46. The first kappa shape index (κ1) is 16.3. The molecular weight excluding hydrogens is 318 g/mol. The van der Waals surface area contributed by atoms with E-state index in [-0.39, 0.29) is 11.8 Å². The average Bonchev–Trinajstić information content (AvgIpc) is 3.08. The van der Waals surface area contributed by atoms with Gasteiger partial charge in [0.1, 0.15) is 11.6 Å². The molecule has 25 heavy (non-hydrogen) atoms. The van der Waals surface area contributed by atoms with Crippen LogP contribution in [-0.4, -0.2) is 32.1 Å². The highest BCUT2D eigenvalue weighted by Crippen LogP contribution is 2.26. The average molecular weight is 343 g/mol. The second-order valence-corrected chi connectivity index (χ2v) is 7.20. The maximum Gasteiger partial charge on any atom is 0.223 e. The summed E-state index contributed by atoms with van der Waals surface area (Å²) in [6, 6.07) is 0. The molecule has 1 aliphatic carbocycles. The Balaban J connectivity index is 1.36. The van der Waals surface area contributed by atoms with Crippen molar-refractivity contribution in [2.45, 2.75) is 59.3 Å². The van der Waals surface area contributed by atoms with Gasteiger partial charge in [0.15, 0.2) is 0 Å². The van der Waals surface area contributed by atoms with Crippen LogP contribution in [0.2, 0.25) is 0 Å². The molecule has 4 rings (SSSR count). The molecule has 0 aromatic carbocycles. The fraction of sp³-hybridized carbons (Fsp3) is 0.611. The minimum atomic E-state index is 0.178. The first-order valence-electron chi connectivity index (χ1n) is 9.07. The van der Waals surface area contributed by atoms with Gasteiger partial charge in [-0.05, 0) is 26.7 Å². The third-order valence-electron chi connectivity index (χ3n) is 5.41. The molecule has 0 atom stereocenters. The largest absolute Gasteiger partial charge is 0.361 e. The molecule has 1 N–H and O–H groups in total. The lowest BCUT2D eigenvalue weighted by Gasteiger charge is -2.27. The number of carbonyl (C=O) groups excluding carboxylic acids is 1. The van der Waals surface area contributed by atoms with Crippen LogP contribution in [0.15, 0.2) is 10.7 Å². The van der Waals surface area contributed by atoms with Gasteiger partial charge in [-0.15, -0.1) is 0 Å². The summed E-state index contributed by atoms with van der Waals surface area (Å²) in [7, 11) is 0. The number of amides is 1. The molecule has 0 saturated heterocycles. The van der Waals surface area contributed by atoms with Gasteiger partial charge in [0, 0.05) is 37.3 Å². The number of imidazole rings is 1. The van der Waals surface area contributed by atoms with Crippen molar-refractivity contribution in [1.29, 1.82) is 0 Å². The smallest absolute Gasteiger partial charge is 0.223 e. The molecule has 1 saturated carbocycles. The van der Waals surface area contributed by atoms with Crippen molar-refractivity contribution in [3.63, 3.8) is 0 Å². The Kier molecular flexibility index (Phi) is 4.33. The molecule has 2 aromatic heterocycles. The van der Waals surface area contributed by atoms with Crippen LogP contribution in [0.4, 0.5) is 0 Å². The Labute approximate surface area is 147 Å². The Bertz CT molecular complexity index is 755. The summed E-state index contributed by atoms with van der Waals surface area (Å²) in [5, 5.41) is 7.06.